The molecule has 0 N–H and O–H groups in total. The first-order valence-corrected chi connectivity index (χ1v) is 10.6. The van der Waals surface area contributed by atoms with Crippen LogP contribution in [0.25, 0.3) is 0 Å². The summed E-state index contributed by atoms with van der Waals surface area (Å²) in [5.41, 5.74) is -0.421. The SMILES string of the molecule is CC1(C)OB(C[Si](C)(C)c2cccs2)OC1(C)C. The van der Waals surface area contributed by atoms with E-state index in [9.17, 15) is 0 Å². The second-order valence-electron chi connectivity index (χ2n) is 6.75. The Morgan fingerprint density at radius 1 is 1.17 bits per heavy atom. The highest BCUT2D eigenvalue weighted by Gasteiger charge is 2.52. The summed E-state index contributed by atoms with van der Waals surface area (Å²) < 4.78 is 13.8. The second kappa shape index (κ2) is 4.48. The van der Waals surface area contributed by atoms with E-state index >= 15 is 0 Å². The predicted octanol–water partition coefficient (Wildman–Crippen LogP) is 3.29. The Kier molecular flexibility index (Phi) is 3.56. The Balaban J connectivity index is 2.08. The van der Waals surface area contributed by atoms with E-state index in [2.05, 4.69) is 58.3 Å². The van der Waals surface area contributed by atoms with Crippen LogP contribution < -0.4 is 4.50 Å². The first kappa shape index (κ1) is 14.3. The number of thiophene rings is 1. The van der Waals surface area contributed by atoms with E-state index < -0.39 is 8.07 Å². The maximum atomic E-state index is 6.12. The molecule has 0 aliphatic carbocycles. The van der Waals surface area contributed by atoms with Gasteiger partial charge in [0, 0.05) is 0 Å². The minimum atomic E-state index is -1.45. The van der Waals surface area contributed by atoms with Gasteiger partial charge < -0.3 is 9.31 Å². The average molecular weight is 282 g/mol. The van der Waals surface area contributed by atoms with Crippen LogP contribution in [0.1, 0.15) is 27.7 Å². The van der Waals surface area contributed by atoms with Crippen molar-refractivity contribution < 1.29 is 9.31 Å². The van der Waals surface area contributed by atoms with Crippen molar-refractivity contribution in [1.29, 1.82) is 0 Å². The third kappa shape index (κ3) is 2.59. The van der Waals surface area contributed by atoms with Crippen molar-refractivity contribution >= 4 is 31.0 Å². The van der Waals surface area contributed by atoms with Crippen LogP contribution in [-0.2, 0) is 9.31 Å². The zero-order chi connectivity index (χ0) is 13.6. The summed E-state index contributed by atoms with van der Waals surface area (Å²) in [6.45, 7) is 13.3. The van der Waals surface area contributed by atoms with Crippen LogP contribution in [0.5, 0.6) is 0 Å². The highest BCUT2D eigenvalue weighted by atomic mass is 32.1. The van der Waals surface area contributed by atoms with E-state index in [0.29, 0.717) is 0 Å². The third-order valence-corrected chi connectivity index (χ3v) is 9.72. The van der Waals surface area contributed by atoms with Gasteiger partial charge in [-0.1, -0.05) is 25.2 Å². The smallest absolute Gasteiger partial charge is 0.403 e. The molecule has 1 aliphatic rings. The van der Waals surface area contributed by atoms with Gasteiger partial charge in [-0.2, -0.15) is 11.3 Å². The zero-order valence-electron chi connectivity index (χ0n) is 12.2. The van der Waals surface area contributed by atoms with Gasteiger partial charge in [0.2, 0.25) is 0 Å². The number of rotatable bonds is 3. The largest absolute Gasteiger partial charge is 0.455 e. The lowest BCUT2D eigenvalue weighted by Crippen LogP contribution is -2.44. The molecule has 0 spiro atoms. The molecule has 0 unspecified atom stereocenters. The third-order valence-electron chi connectivity index (χ3n) is 4.17. The minimum Gasteiger partial charge on any atom is -0.403 e. The monoisotopic (exact) mass is 282 g/mol. The van der Waals surface area contributed by atoms with Gasteiger partial charge in [0.15, 0.2) is 0 Å². The molecule has 0 radical (unpaired) electrons. The molecule has 1 saturated heterocycles. The van der Waals surface area contributed by atoms with E-state index in [1.807, 2.05) is 11.3 Å². The molecule has 18 heavy (non-hydrogen) atoms. The fourth-order valence-electron chi connectivity index (χ4n) is 2.23. The number of hydrogen-bond acceptors (Lipinski definition) is 3. The lowest BCUT2D eigenvalue weighted by Gasteiger charge is -2.32. The molecule has 2 rings (SSSR count). The van der Waals surface area contributed by atoms with E-state index in [1.165, 1.54) is 4.50 Å². The Morgan fingerprint density at radius 2 is 1.72 bits per heavy atom. The minimum absolute atomic E-state index is 0.0567. The van der Waals surface area contributed by atoms with Gasteiger partial charge in [-0.05, 0) is 43.5 Å². The molecule has 0 saturated carbocycles. The van der Waals surface area contributed by atoms with Crippen LogP contribution in [0, 0.1) is 0 Å². The van der Waals surface area contributed by atoms with Gasteiger partial charge in [0.1, 0.15) is 0 Å². The summed E-state index contributed by atoms with van der Waals surface area (Å²) in [7, 11) is -1.51. The predicted molar refractivity (Wildman–Crippen MR) is 82.3 cm³/mol. The molecule has 0 aromatic carbocycles. The molecule has 1 aromatic rings. The van der Waals surface area contributed by atoms with Crippen LogP contribution in [0.4, 0.5) is 0 Å². The Bertz CT molecular complexity index is 399. The topological polar surface area (TPSA) is 18.5 Å². The number of hydrogen-bond donors (Lipinski definition) is 0. The molecular weight excluding hydrogens is 259 g/mol. The highest BCUT2D eigenvalue weighted by molar-refractivity contribution is 7.26. The summed E-state index contributed by atoms with van der Waals surface area (Å²) in [4.78, 5) is 0. The normalized spacial score (nSPS) is 22.4. The van der Waals surface area contributed by atoms with E-state index in [-0.39, 0.29) is 18.3 Å². The van der Waals surface area contributed by atoms with Crippen LogP contribution >= 0.6 is 11.3 Å². The maximum Gasteiger partial charge on any atom is 0.455 e. The van der Waals surface area contributed by atoms with Gasteiger partial charge in [-0.3, -0.25) is 0 Å². The molecule has 2 nitrogen and oxygen atoms in total. The van der Waals surface area contributed by atoms with Gasteiger partial charge >= 0.3 is 7.12 Å². The Hall–Kier alpha value is -0.0982. The molecule has 1 aromatic heterocycles. The quantitative estimate of drug-likeness (QED) is 0.792. The summed E-state index contributed by atoms with van der Waals surface area (Å²) >= 11 is 1.86. The van der Waals surface area contributed by atoms with Gasteiger partial charge in [0.05, 0.1) is 19.3 Å². The van der Waals surface area contributed by atoms with Crippen molar-refractivity contribution in [3.8, 4) is 0 Å². The summed E-state index contributed by atoms with van der Waals surface area (Å²) in [6.07, 6.45) is 0. The summed E-state index contributed by atoms with van der Waals surface area (Å²) in [6, 6.07) is 4.39. The highest BCUT2D eigenvalue weighted by Crippen LogP contribution is 2.38. The van der Waals surface area contributed by atoms with E-state index in [0.717, 1.165) is 5.94 Å². The lowest BCUT2D eigenvalue weighted by molar-refractivity contribution is 0.00578. The van der Waals surface area contributed by atoms with Gasteiger partial charge in [-0.25, -0.2) is 0 Å². The molecule has 2 heterocycles. The van der Waals surface area contributed by atoms with Crippen molar-refractivity contribution in [2.24, 2.45) is 0 Å². The lowest BCUT2D eigenvalue weighted by atomic mass is 9.90. The average Bonchev–Trinajstić information content (AvgIpc) is 2.72. The van der Waals surface area contributed by atoms with Crippen molar-refractivity contribution in [1.82, 2.24) is 0 Å². The molecule has 1 aliphatic heterocycles. The van der Waals surface area contributed by atoms with E-state index in [1.54, 1.807) is 0 Å². The summed E-state index contributed by atoms with van der Waals surface area (Å²) in [5.74, 6) is 1.03. The van der Waals surface area contributed by atoms with Crippen LogP contribution in [0.2, 0.25) is 19.0 Å². The van der Waals surface area contributed by atoms with Crippen molar-refractivity contribution in [2.75, 3.05) is 0 Å². The molecular formula is C13H23BO2SSi. The fourth-order valence-corrected chi connectivity index (χ4v) is 6.17. The van der Waals surface area contributed by atoms with Crippen molar-refractivity contribution in [2.45, 2.75) is 57.9 Å². The van der Waals surface area contributed by atoms with Gasteiger partial charge in [0.25, 0.3) is 0 Å². The molecule has 1 fully saturated rings. The molecule has 100 valence electrons. The molecule has 5 heteroatoms. The molecule has 0 amide bonds. The standard InChI is InChI=1S/C13H23BO2SSi/c1-12(2)13(3,4)16-14(15-12)10-18(5,6)11-8-7-9-17-11/h7-9H,10H2,1-6H3. The second-order valence-corrected chi connectivity index (χ2v) is 12.8. The summed E-state index contributed by atoms with van der Waals surface area (Å²) in [5, 5.41) is 2.16. The first-order valence-electron chi connectivity index (χ1n) is 6.54. The van der Waals surface area contributed by atoms with Crippen molar-refractivity contribution in [3.05, 3.63) is 17.5 Å². The van der Waals surface area contributed by atoms with Gasteiger partial charge in [-0.15, -0.1) is 0 Å². The molecule has 0 atom stereocenters. The van der Waals surface area contributed by atoms with Crippen molar-refractivity contribution in [3.63, 3.8) is 0 Å². The van der Waals surface area contributed by atoms with E-state index in [4.69, 9.17) is 9.31 Å². The van der Waals surface area contributed by atoms with Crippen LogP contribution in [0.3, 0.4) is 0 Å². The van der Waals surface area contributed by atoms with Crippen LogP contribution in [0.15, 0.2) is 17.5 Å². The molecule has 0 bridgehead atoms. The Morgan fingerprint density at radius 3 is 2.17 bits per heavy atom. The van der Waals surface area contributed by atoms with Crippen LogP contribution in [-0.4, -0.2) is 26.4 Å². The first-order chi connectivity index (χ1) is 8.14. The maximum absolute atomic E-state index is 6.12. The Labute approximate surface area is 116 Å². The fraction of sp³-hybridized carbons (Fsp3) is 0.692. The zero-order valence-corrected chi connectivity index (χ0v) is 14.1.